The standard InChI is InChI=1S/C17H27NOS/c1-12(18-11-14-7-2-4-8-15(14)19)17-10-13-6-3-5-9-16(13)20-17/h10,12,14-15,18-19H,2-9,11H2,1H3. The van der Waals surface area contributed by atoms with Crippen molar-refractivity contribution >= 4 is 11.3 Å². The van der Waals surface area contributed by atoms with Crippen molar-refractivity contribution in [3.8, 4) is 0 Å². The van der Waals surface area contributed by atoms with Crippen LogP contribution in [0.5, 0.6) is 0 Å². The summed E-state index contributed by atoms with van der Waals surface area (Å²) in [5.74, 6) is 0.459. The van der Waals surface area contributed by atoms with Gasteiger partial charge in [-0.05, 0) is 63.0 Å². The third-order valence-electron chi connectivity index (χ3n) is 5.00. The van der Waals surface area contributed by atoms with Crippen LogP contribution in [0.3, 0.4) is 0 Å². The minimum atomic E-state index is -0.0833. The maximum atomic E-state index is 10.0. The molecule has 3 atom stereocenters. The maximum Gasteiger partial charge on any atom is 0.0580 e. The fourth-order valence-electron chi connectivity index (χ4n) is 3.58. The Morgan fingerprint density at radius 2 is 2.05 bits per heavy atom. The van der Waals surface area contributed by atoms with E-state index in [9.17, 15) is 5.11 Å². The van der Waals surface area contributed by atoms with Crippen molar-refractivity contribution in [2.75, 3.05) is 6.54 Å². The van der Waals surface area contributed by atoms with Crippen LogP contribution in [0.25, 0.3) is 0 Å². The number of rotatable bonds is 4. The smallest absolute Gasteiger partial charge is 0.0580 e. The Kier molecular flexibility index (Phi) is 4.79. The summed E-state index contributed by atoms with van der Waals surface area (Å²) in [7, 11) is 0. The highest BCUT2D eigenvalue weighted by atomic mass is 32.1. The molecule has 0 amide bonds. The average Bonchev–Trinajstić information content (AvgIpc) is 2.90. The van der Waals surface area contributed by atoms with Crippen LogP contribution in [0, 0.1) is 5.92 Å². The van der Waals surface area contributed by atoms with Crippen molar-refractivity contribution in [3.63, 3.8) is 0 Å². The molecule has 0 saturated heterocycles. The van der Waals surface area contributed by atoms with E-state index in [0.29, 0.717) is 12.0 Å². The van der Waals surface area contributed by atoms with E-state index in [1.165, 1.54) is 49.8 Å². The quantitative estimate of drug-likeness (QED) is 0.884. The zero-order valence-corrected chi connectivity index (χ0v) is 13.3. The van der Waals surface area contributed by atoms with Gasteiger partial charge in [-0.25, -0.2) is 0 Å². The minimum Gasteiger partial charge on any atom is -0.393 e. The highest BCUT2D eigenvalue weighted by Crippen LogP contribution is 2.33. The van der Waals surface area contributed by atoms with Gasteiger partial charge in [-0.3, -0.25) is 0 Å². The maximum absolute atomic E-state index is 10.0. The molecule has 1 saturated carbocycles. The molecule has 1 heterocycles. The number of aryl methyl sites for hydroxylation is 2. The van der Waals surface area contributed by atoms with E-state index < -0.39 is 0 Å². The van der Waals surface area contributed by atoms with Gasteiger partial charge in [-0.1, -0.05) is 12.8 Å². The van der Waals surface area contributed by atoms with E-state index in [2.05, 4.69) is 18.3 Å². The molecule has 0 spiro atoms. The minimum absolute atomic E-state index is 0.0833. The normalized spacial score (nSPS) is 28.1. The predicted octanol–water partition coefficient (Wildman–Crippen LogP) is 3.83. The molecule has 112 valence electrons. The third kappa shape index (κ3) is 3.26. The second-order valence-electron chi connectivity index (χ2n) is 6.55. The number of hydrogen-bond acceptors (Lipinski definition) is 3. The summed E-state index contributed by atoms with van der Waals surface area (Å²) in [5.41, 5.74) is 1.60. The first-order chi connectivity index (χ1) is 9.74. The summed E-state index contributed by atoms with van der Waals surface area (Å²) in [5, 5.41) is 13.7. The molecule has 1 aromatic rings. The largest absolute Gasteiger partial charge is 0.393 e. The van der Waals surface area contributed by atoms with Crippen molar-refractivity contribution < 1.29 is 5.11 Å². The van der Waals surface area contributed by atoms with E-state index in [1.807, 2.05) is 11.3 Å². The predicted molar refractivity (Wildman–Crippen MR) is 85.3 cm³/mol. The molecule has 20 heavy (non-hydrogen) atoms. The second-order valence-corrected chi connectivity index (χ2v) is 7.71. The van der Waals surface area contributed by atoms with Gasteiger partial charge in [0.05, 0.1) is 6.10 Å². The summed E-state index contributed by atoms with van der Waals surface area (Å²) in [6.07, 6.45) is 9.86. The van der Waals surface area contributed by atoms with Crippen LogP contribution in [0.15, 0.2) is 6.07 Å². The molecular weight excluding hydrogens is 266 g/mol. The lowest BCUT2D eigenvalue weighted by Crippen LogP contribution is -2.34. The number of fused-ring (bicyclic) bond motifs is 1. The van der Waals surface area contributed by atoms with Gasteiger partial charge in [0.15, 0.2) is 0 Å². The molecule has 0 bridgehead atoms. The molecule has 3 rings (SSSR count). The van der Waals surface area contributed by atoms with Crippen LogP contribution < -0.4 is 5.32 Å². The molecule has 2 nitrogen and oxygen atoms in total. The Hall–Kier alpha value is -0.380. The highest BCUT2D eigenvalue weighted by molar-refractivity contribution is 7.12. The van der Waals surface area contributed by atoms with E-state index in [-0.39, 0.29) is 6.10 Å². The fraction of sp³-hybridized carbons (Fsp3) is 0.765. The SMILES string of the molecule is CC(NCC1CCCCC1O)c1cc2c(s1)CCCC2. The van der Waals surface area contributed by atoms with Gasteiger partial charge < -0.3 is 10.4 Å². The molecule has 1 aromatic heterocycles. The number of thiophene rings is 1. The Labute approximate surface area is 126 Å². The number of nitrogens with one attached hydrogen (secondary N) is 1. The fourth-order valence-corrected chi connectivity index (χ4v) is 4.87. The van der Waals surface area contributed by atoms with Crippen LogP contribution >= 0.6 is 11.3 Å². The van der Waals surface area contributed by atoms with Crippen molar-refractivity contribution in [3.05, 3.63) is 21.4 Å². The Morgan fingerprint density at radius 1 is 1.25 bits per heavy atom. The van der Waals surface area contributed by atoms with Crippen molar-refractivity contribution in [1.29, 1.82) is 0 Å². The average molecular weight is 293 g/mol. The lowest BCUT2D eigenvalue weighted by Gasteiger charge is -2.28. The molecule has 1 fully saturated rings. The molecule has 3 heteroatoms. The molecule has 0 aliphatic heterocycles. The third-order valence-corrected chi connectivity index (χ3v) is 6.42. The van der Waals surface area contributed by atoms with Crippen molar-refractivity contribution in [2.24, 2.45) is 5.92 Å². The second kappa shape index (κ2) is 6.59. The first-order valence-electron chi connectivity index (χ1n) is 8.27. The summed E-state index contributed by atoms with van der Waals surface area (Å²) in [6, 6.07) is 2.86. The molecule has 2 aliphatic carbocycles. The van der Waals surface area contributed by atoms with Crippen LogP contribution in [0.4, 0.5) is 0 Å². The van der Waals surface area contributed by atoms with Gasteiger partial charge in [-0.15, -0.1) is 11.3 Å². The number of aliphatic hydroxyl groups is 1. The van der Waals surface area contributed by atoms with Gasteiger partial charge in [-0.2, -0.15) is 0 Å². The zero-order chi connectivity index (χ0) is 13.9. The van der Waals surface area contributed by atoms with E-state index in [4.69, 9.17) is 0 Å². The topological polar surface area (TPSA) is 32.3 Å². The van der Waals surface area contributed by atoms with E-state index in [1.54, 1.807) is 10.4 Å². The van der Waals surface area contributed by atoms with Crippen LogP contribution in [0.2, 0.25) is 0 Å². The van der Waals surface area contributed by atoms with Crippen LogP contribution in [-0.2, 0) is 12.8 Å². The Bertz CT molecular complexity index is 419. The monoisotopic (exact) mass is 293 g/mol. The summed E-state index contributed by atoms with van der Waals surface area (Å²) >= 11 is 2.01. The molecule has 0 radical (unpaired) electrons. The number of aliphatic hydroxyl groups excluding tert-OH is 1. The first-order valence-corrected chi connectivity index (χ1v) is 9.08. The highest BCUT2D eigenvalue weighted by Gasteiger charge is 2.24. The molecule has 3 unspecified atom stereocenters. The lowest BCUT2D eigenvalue weighted by atomic mass is 9.86. The van der Waals surface area contributed by atoms with Gasteiger partial charge in [0.1, 0.15) is 0 Å². The lowest BCUT2D eigenvalue weighted by molar-refractivity contribution is 0.0684. The van der Waals surface area contributed by atoms with Gasteiger partial charge >= 0.3 is 0 Å². The van der Waals surface area contributed by atoms with Crippen molar-refractivity contribution in [1.82, 2.24) is 5.32 Å². The molecule has 0 aromatic carbocycles. The van der Waals surface area contributed by atoms with E-state index in [0.717, 1.165) is 13.0 Å². The Balaban J connectivity index is 1.56. The van der Waals surface area contributed by atoms with Gasteiger partial charge in [0.25, 0.3) is 0 Å². The zero-order valence-electron chi connectivity index (χ0n) is 12.5. The summed E-state index contributed by atoms with van der Waals surface area (Å²) < 4.78 is 0. The number of hydrogen-bond donors (Lipinski definition) is 2. The van der Waals surface area contributed by atoms with Crippen molar-refractivity contribution in [2.45, 2.75) is 70.4 Å². The van der Waals surface area contributed by atoms with Crippen LogP contribution in [-0.4, -0.2) is 17.8 Å². The molecular formula is C17H27NOS. The summed E-state index contributed by atoms with van der Waals surface area (Å²) in [6.45, 7) is 3.23. The molecule has 2 aliphatic rings. The molecule has 2 N–H and O–H groups in total. The van der Waals surface area contributed by atoms with Gasteiger partial charge in [0.2, 0.25) is 0 Å². The van der Waals surface area contributed by atoms with Crippen LogP contribution in [0.1, 0.15) is 66.8 Å². The Morgan fingerprint density at radius 3 is 2.85 bits per heavy atom. The summed E-state index contributed by atoms with van der Waals surface area (Å²) in [4.78, 5) is 3.11. The van der Waals surface area contributed by atoms with Gasteiger partial charge in [0, 0.05) is 22.3 Å². The van der Waals surface area contributed by atoms with E-state index >= 15 is 0 Å². The first kappa shape index (κ1) is 14.6.